The van der Waals surface area contributed by atoms with E-state index in [0.29, 0.717) is 18.1 Å². The van der Waals surface area contributed by atoms with Gasteiger partial charge < -0.3 is 24.1 Å². The lowest BCUT2D eigenvalue weighted by Crippen LogP contribution is -2.40. The van der Waals surface area contributed by atoms with E-state index >= 15 is 0 Å². The maximum absolute atomic E-state index is 13.4. The summed E-state index contributed by atoms with van der Waals surface area (Å²) in [5.74, 6) is 0.631. The van der Waals surface area contributed by atoms with Gasteiger partial charge in [-0.3, -0.25) is 4.79 Å². The van der Waals surface area contributed by atoms with Gasteiger partial charge in [0.05, 0.1) is 36.4 Å². The van der Waals surface area contributed by atoms with Gasteiger partial charge in [-0.05, 0) is 30.3 Å². The zero-order valence-corrected chi connectivity index (χ0v) is 20.2. The second-order valence-corrected chi connectivity index (χ2v) is 9.32. The number of hydrogen-bond donors (Lipinski definition) is 0. The molecule has 0 radical (unpaired) electrons. The van der Waals surface area contributed by atoms with Gasteiger partial charge in [-0.2, -0.15) is 18.4 Å². The van der Waals surface area contributed by atoms with Crippen molar-refractivity contribution in [3.05, 3.63) is 59.2 Å². The van der Waals surface area contributed by atoms with E-state index in [9.17, 15) is 18.0 Å². The SMILES string of the molecule is COc1ccccc1C1ON=C(CN2CC(C)(C)C(Oc3ccc(C#N)c(C(F)(F)F)c3)C2=O)N1C. The van der Waals surface area contributed by atoms with E-state index in [-0.39, 0.29) is 18.2 Å². The first-order chi connectivity index (χ1) is 17.0. The van der Waals surface area contributed by atoms with Gasteiger partial charge in [0.15, 0.2) is 11.9 Å². The number of likely N-dealkylation sites (tertiary alicyclic amines) is 1. The summed E-state index contributed by atoms with van der Waals surface area (Å²) >= 11 is 0. The van der Waals surface area contributed by atoms with Crippen LogP contribution in [0.15, 0.2) is 47.6 Å². The van der Waals surface area contributed by atoms with Crippen LogP contribution in [0, 0.1) is 16.7 Å². The average Bonchev–Trinajstić information content (AvgIpc) is 3.29. The number of methoxy groups -OCH3 is 1. The van der Waals surface area contributed by atoms with Crippen LogP contribution >= 0.6 is 0 Å². The number of rotatable bonds is 6. The monoisotopic (exact) mass is 502 g/mol. The molecule has 0 spiro atoms. The van der Waals surface area contributed by atoms with E-state index in [0.717, 1.165) is 17.7 Å². The highest BCUT2D eigenvalue weighted by Crippen LogP contribution is 2.38. The number of amidine groups is 1. The van der Waals surface area contributed by atoms with E-state index in [2.05, 4.69) is 5.16 Å². The second kappa shape index (κ2) is 9.26. The van der Waals surface area contributed by atoms with Crippen molar-refractivity contribution in [3.8, 4) is 17.6 Å². The molecule has 4 rings (SSSR count). The minimum atomic E-state index is -4.73. The van der Waals surface area contributed by atoms with Crippen LogP contribution in [0.5, 0.6) is 11.5 Å². The fourth-order valence-corrected chi connectivity index (χ4v) is 4.39. The predicted octanol–water partition coefficient (Wildman–Crippen LogP) is 4.18. The van der Waals surface area contributed by atoms with Gasteiger partial charge in [0.25, 0.3) is 5.91 Å². The number of amides is 1. The van der Waals surface area contributed by atoms with Gasteiger partial charge in [0.1, 0.15) is 11.5 Å². The molecule has 11 heteroatoms. The first-order valence-electron chi connectivity index (χ1n) is 11.1. The van der Waals surface area contributed by atoms with E-state index in [4.69, 9.17) is 19.6 Å². The van der Waals surface area contributed by atoms with Crippen LogP contribution < -0.4 is 9.47 Å². The number of hydrogen-bond acceptors (Lipinski definition) is 7. The van der Waals surface area contributed by atoms with Crippen molar-refractivity contribution in [2.45, 2.75) is 32.4 Å². The Bertz CT molecular complexity index is 1240. The fourth-order valence-electron chi connectivity index (χ4n) is 4.39. The molecule has 1 fully saturated rings. The quantitative estimate of drug-likeness (QED) is 0.589. The topological polar surface area (TPSA) is 87.4 Å². The molecule has 1 saturated heterocycles. The molecular formula is C25H25F3N4O4. The lowest BCUT2D eigenvalue weighted by Gasteiger charge is -2.25. The molecular weight excluding hydrogens is 477 g/mol. The van der Waals surface area contributed by atoms with Crippen molar-refractivity contribution in [1.29, 1.82) is 5.26 Å². The second-order valence-electron chi connectivity index (χ2n) is 9.32. The molecule has 0 N–H and O–H groups in total. The van der Waals surface area contributed by atoms with Gasteiger partial charge in [0.2, 0.25) is 6.23 Å². The Labute approximate surface area is 206 Å². The molecule has 2 aromatic carbocycles. The summed E-state index contributed by atoms with van der Waals surface area (Å²) in [6.45, 7) is 4.03. The standard InChI is InChI=1S/C25H25F3N4O4/c1-24(2)14-32(13-20-30-36-23(31(20)3)17-7-5-6-8-19(17)34-4)22(33)21(24)35-16-10-9-15(12-29)18(11-16)25(26,27)28/h5-11,21,23H,13-14H2,1-4H3. The molecule has 1 amide bonds. The third-order valence-corrected chi connectivity index (χ3v) is 6.27. The average molecular weight is 502 g/mol. The third kappa shape index (κ3) is 4.63. The molecule has 2 aliphatic heterocycles. The number of para-hydroxylation sites is 1. The Morgan fingerprint density at radius 1 is 1.25 bits per heavy atom. The van der Waals surface area contributed by atoms with Gasteiger partial charge in [0, 0.05) is 19.0 Å². The molecule has 2 aliphatic rings. The van der Waals surface area contributed by atoms with Gasteiger partial charge >= 0.3 is 6.18 Å². The molecule has 2 aromatic rings. The zero-order valence-electron chi connectivity index (χ0n) is 20.2. The molecule has 190 valence electrons. The first-order valence-corrected chi connectivity index (χ1v) is 11.1. The van der Waals surface area contributed by atoms with Crippen LogP contribution in [0.3, 0.4) is 0 Å². The molecule has 36 heavy (non-hydrogen) atoms. The minimum Gasteiger partial charge on any atom is -0.496 e. The summed E-state index contributed by atoms with van der Waals surface area (Å²) in [6.07, 6.45) is -6.28. The van der Waals surface area contributed by atoms with Crippen molar-refractivity contribution < 1.29 is 32.3 Å². The molecule has 0 aromatic heterocycles. The van der Waals surface area contributed by atoms with Crippen LogP contribution in [-0.2, 0) is 15.8 Å². The number of oxime groups is 1. The highest BCUT2D eigenvalue weighted by Gasteiger charge is 2.49. The van der Waals surface area contributed by atoms with E-state index < -0.39 is 35.1 Å². The normalized spacial score (nSPS) is 21.2. The van der Waals surface area contributed by atoms with Crippen molar-refractivity contribution in [2.75, 3.05) is 27.2 Å². The van der Waals surface area contributed by atoms with E-state index in [1.165, 1.54) is 12.1 Å². The Morgan fingerprint density at radius 2 is 1.97 bits per heavy atom. The van der Waals surface area contributed by atoms with Gasteiger partial charge in [-0.25, -0.2) is 0 Å². The summed E-state index contributed by atoms with van der Waals surface area (Å²) in [7, 11) is 3.35. The molecule has 8 nitrogen and oxygen atoms in total. The molecule has 0 bridgehead atoms. The summed E-state index contributed by atoms with van der Waals surface area (Å²) in [6, 6.07) is 12.0. The van der Waals surface area contributed by atoms with Gasteiger partial charge in [-0.1, -0.05) is 31.1 Å². The number of nitriles is 1. The molecule has 2 heterocycles. The third-order valence-electron chi connectivity index (χ3n) is 6.27. The van der Waals surface area contributed by atoms with Crippen LogP contribution in [0.25, 0.3) is 0 Å². The summed E-state index contributed by atoms with van der Waals surface area (Å²) in [5.41, 5.74) is -1.55. The summed E-state index contributed by atoms with van der Waals surface area (Å²) < 4.78 is 51.3. The lowest BCUT2D eigenvalue weighted by molar-refractivity contribution is -0.138. The maximum Gasteiger partial charge on any atom is 0.417 e. The number of halogens is 3. The van der Waals surface area contributed by atoms with Crippen LogP contribution in [0.2, 0.25) is 0 Å². The Hall–Kier alpha value is -3.94. The molecule has 2 unspecified atom stereocenters. The van der Waals surface area contributed by atoms with E-state index in [1.807, 2.05) is 24.3 Å². The number of alkyl halides is 3. The fraction of sp³-hybridized carbons (Fsp3) is 0.400. The number of likely N-dealkylation sites (N-methyl/N-ethyl adjacent to an activating group) is 1. The number of carbonyl (C=O) groups is 1. The van der Waals surface area contributed by atoms with Crippen LogP contribution in [0.1, 0.15) is 36.8 Å². The Kier molecular flexibility index (Phi) is 6.47. The van der Waals surface area contributed by atoms with Crippen molar-refractivity contribution in [2.24, 2.45) is 10.6 Å². The highest BCUT2D eigenvalue weighted by molar-refractivity contribution is 5.92. The molecule has 2 atom stereocenters. The number of ether oxygens (including phenoxy) is 2. The largest absolute Gasteiger partial charge is 0.496 e. The molecule has 0 aliphatic carbocycles. The first kappa shape index (κ1) is 25.2. The summed E-state index contributed by atoms with van der Waals surface area (Å²) in [5, 5.41) is 13.2. The molecule has 0 saturated carbocycles. The Morgan fingerprint density at radius 3 is 2.64 bits per heavy atom. The highest BCUT2D eigenvalue weighted by atomic mass is 19.4. The Balaban J connectivity index is 1.50. The van der Waals surface area contributed by atoms with Crippen molar-refractivity contribution in [1.82, 2.24) is 9.80 Å². The van der Waals surface area contributed by atoms with Crippen molar-refractivity contribution in [3.63, 3.8) is 0 Å². The van der Waals surface area contributed by atoms with E-state index in [1.54, 1.807) is 37.8 Å². The minimum absolute atomic E-state index is 0.130. The van der Waals surface area contributed by atoms with Gasteiger partial charge in [-0.15, -0.1) is 0 Å². The number of nitrogens with zero attached hydrogens (tertiary/aromatic N) is 4. The van der Waals surface area contributed by atoms with Crippen molar-refractivity contribution >= 4 is 11.7 Å². The van der Waals surface area contributed by atoms with Crippen LogP contribution in [0.4, 0.5) is 13.2 Å². The number of carbonyl (C=O) groups excluding carboxylic acids is 1. The smallest absolute Gasteiger partial charge is 0.417 e. The predicted molar refractivity (Wildman–Crippen MR) is 123 cm³/mol. The summed E-state index contributed by atoms with van der Waals surface area (Å²) in [4.78, 5) is 22.2. The number of benzene rings is 2. The zero-order chi connectivity index (χ0) is 26.3. The lowest BCUT2D eigenvalue weighted by atomic mass is 9.89. The maximum atomic E-state index is 13.4. The van der Waals surface area contributed by atoms with Crippen LogP contribution in [-0.4, -0.2) is 54.9 Å².